The third-order valence-corrected chi connectivity index (χ3v) is 17.5. The van der Waals surface area contributed by atoms with Crippen LogP contribution in [0.2, 0.25) is 0 Å². The van der Waals surface area contributed by atoms with E-state index in [1.807, 2.05) is 65.0 Å². The summed E-state index contributed by atoms with van der Waals surface area (Å²) in [5, 5.41) is 12.3. The molecule has 0 spiro atoms. The number of carbonyl (C=O) groups is 5. The number of hydrogen-bond donors (Lipinski definition) is 1. The number of allylic oxidation sites excluding steroid dienone is 6. The molecule has 17 nitrogen and oxygen atoms in total. The highest BCUT2D eigenvalue weighted by molar-refractivity contribution is 7.57. The van der Waals surface area contributed by atoms with Crippen LogP contribution in [0.4, 0.5) is 0 Å². The van der Waals surface area contributed by atoms with Crippen molar-refractivity contribution in [3.05, 3.63) is 47.6 Å². The van der Waals surface area contributed by atoms with Gasteiger partial charge >= 0.3 is 5.97 Å². The summed E-state index contributed by atoms with van der Waals surface area (Å²) in [5.74, 6) is -7.78. The number of Topliss-reactive ketones (excluding diaryl/α,β-unsaturated/α-hetero) is 3. The normalized spacial score (nSPS) is 37.3. The summed E-state index contributed by atoms with van der Waals surface area (Å²) >= 11 is 0. The second-order valence-corrected chi connectivity index (χ2v) is 26.2. The van der Waals surface area contributed by atoms with Crippen molar-refractivity contribution in [2.45, 2.75) is 199 Å². The van der Waals surface area contributed by atoms with Gasteiger partial charge in [0.05, 0.1) is 43.7 Å². The van der Waals surface area contributed by atoms with Crippen molar-refractivity contribution in [3.8, 4) is 0 Å². The summed E-state index contributed by atoms with van der Waals surface area (Å²) in [5.41, 5.74) is 1.51. The summed E-state index contributed by atoms with van der Waals surface area (Å²) < 4.78 is 67.1. The van der Waals surface area contributed by atoms with E-state index in [0.29, 0.717) is 76.8 Å². The van der Waals surface area contributed by atoms with Gasteiger partial charge in [-0.2, -0.15) is 0 Å². The summed E-state index contributed by atoms with van der Waals surface area (Å²) in [4.78, 5) is 73.6. The maximum atomic E-state index is 14.7. The fraction of sp³-hybridized carbons (Fsp3) is 0.783. The highest BCUT2D eigenvalue weighted by atomic mass is 31.2. The molecule has 1 saturated carbocycles. The number of carbonyl (C=O) groups excluding carboxylic acids is 5. The van der Waals surface area contributed by atoms with E-state index in [4.69, 9.17) is 42.4 Å². The van der Waals surface area contributed by atoms with Gasteiger partial charge in [0, 0.05) is 85.0 Å². The lowest BCUT2D eigenvalue weighted by atomic mass is 9.78. The molecule has 1 amide bonds. The SMILES string of the molecule is CO[C@@H]1/C(C)=C/[C@@H](C)C(=O)C[C@@H]([C@H](C)C[C@@H]2CC[C@@H](OP(C)(C)=O)[C@H](OC)C2)OC(=O)[C@@H]2CCCCN2C(=O)C(=O)[C@]2(O)O[C@@H](CC[C@H]2C)C[C@@H](OCCOC2CCOCC2)/C(C)=C/C=C/C=C/[C@@H](C)C[C@@H](C)C(=O)[C@@H]1OC. The number of piperidine rings is 1. The first kappa shape index (κ1) is 65.6. The number of cyclic esters (lactones) is 1. The first-order valence-corrected chi connectivity index (χ1v) is 31.4. The Bertz CT molecular complexity index is 2150. The number of nitrogens with zero attached hydrogens (tertiary/aromatic N) is 1. The molecule has 5 rings (SSSR count). The van der Waals surface area contributed by atoms with Gasteiger partial charge in [0.1, 0.15) is 30.1 Å². The zero-order valence-corrected chi connectivity index (χ0v) is 49.9. The molecule has 1 N–H and O–H groups in total. The van der Waals surface area contributed by atoms with Crippen LogP contribution >= 0.6 is 7.37 Å². The first-order chi connectivity index (χ1) is 37.0. The van der Waals surface area contributed by atoms with E-state index >= 15 is 0 Å². The molecule has 3 saturated heterocycles. The Kier molecular flexibility index (Phi) is 26.3. The number of hydrogen-bond acceptors (Lipinski definition) is 16. The van der Waals surface area contributed by atoms with E-state index in [1.165, 1.54) is 19.1 Å². The van der Waals surface area contributed by atoms with Crippen molar-refractivity contribution in [1.29, 1.82) is 0 Å². The minimum atomic E-state index is -2.80. The molecule has 0 radical (unpaired) electrons. The van der Waals surface area contributed by atoms with Crippen LogP contribution in [0.15, 0.2) is 47.6 Å². The van der Waals surface area contributed by atoms with Crippen molar-refractivity contribution in [1.82, 2.24) is 4.90 Å². The van der Waals surface area contributed by atoms with Gasteiger partial charge in [-0.1, -0.05) is 71.1 Å². The average Bonchev–Trinajstić information content (AvgIpc) is 3.45. The number of fused-ring (bicyclic) bond motifs is 3. The maximum absolute atomic E-state index is 14.7. The van der Waals surface area contributed by atoms with Gasteiger partial charge in [-0.15, -0.1) is 0 Å². The fourth-order valence-electron chi connectivity index (χ4n) is 12.0. The molecule has 18 heteroatoms. The number of methoxy groups -OCH3 is 3. The lowest BCUT2D eigenvalue weighted by Crippen LogP contribution is -2.61. The Labute approximate surface area is 465 Å². The topological polar surface area (TPSA) is 209 Å². The first-order valence-electron chi connectivity index (χ1n) is 28.8. The Hall–Kier alpha value is -3.22. The van der Waals surface area contributed by atoms with E-state index < -0.39 is 79.2 Å². The van der Waals surface area contributed by atoms with Crippen molar-refractivity contribution in [2.24, 2.45) is 35.5 Å². The molecular weight excluding hydrogens is 1020 g/mol. The average molecular weight is 1120 g/mol. The predicted octanol–water partition coefficient (Wildman–Crippen LogP) is 8.96. The van der Waals surface area contributed by atoms with Gasteiger partial charge < -0.3 is 52.4 Å². The second kappa shape index (κ2) is 31.3. The van der Waals surface area contributed by atoms with Crippen molar-refractivity contribution >= 4 is 36.6 Å². The summed E-state index contributed by atoms with van der Waals surface area (Å²) in [7, 11) is 1.80. The highest BCUT2D eigenvalue weighted by Gasteiger charge is 2.53. The molecule has 4 heterocycles. The van der Waals surface area contributed by atoms with Crippen molar-refractivity contribution < 1.29 is 76.1 Å². The molecule has 4 aliphatic heterocycles. The third kappa shape index (κ3) is 18.9. The lowest BCUT2D eigenvalue weighted by molar-refractivity contribution is -0.266. The number of esters is 1. The summed E-state index contributed by atoms with van der Waals surface area (Å²) in [6, 6.07) is -1.16. The number of aliphatic hydroxyl groups is 1. The van der Waals surface area contributed by atoms with Gasteiger partial charge in [0.15, 0.2) is 13.2 Å². The monoisotopic (exact) mass is 1120 g/mol. The van der Waals surface area contributed by atoms with Crippen LogP contribution in [0.5, 0.6) is 0 Å². The molecule has 5 aliphatic rings. The minimum Gasteiger partial charge on any atom is -0.460 e. The molecule has 442 valence electrons. The van der Waals surface area contributed by atoms with Crippen LogP contribution in [0.3, 0.4) is 0 Å². The van der Waals surface area contributed by atoms with Gasteiger partial charge in [0.2, 0.25) is 5.79 Å². The maximum Gasteiger partial charge on any atom is 0.329 e. The minimum absolute atomic E-state index is 0.0292. The molecular formula is C60H96NO16P. The van der Waals surface area contributed by atoms with E-state index in [9.17, 15) is 33.6 Å². The van der Waals surface area contributed by atoms with Crippen LogP contribution in [0, 0.1) is 35.5 Å². The Morgan fingerprint density at radius 3 is 2.18 bits per heavy atom. The Balaban J connectivity index is 1.47. The Morgan fingerprint density at radius 2 is 1.50 bits per heavy atom. The second-order valence-electron chi connectivity index (χ2n) is 23.4. The molecule has 1 aliphatic carbocycles. The quantitative estimate of drug-likeness (QED) is 0.0600. The third-order valence-electron chi connectivity index (χ3n) is 16.7. The fourth-order valence-corrected chi connectivity index (χ4v) is 12.9. The molecule has 0 unspecified atom stereocenters. The highest BCUT2D eigenvalue weighted by Crippen LogP contribution is 2.45. The zero-order valence-electron chi connectivity index (χ0n) is 49.0. The molecule has 4 fully saturated rings. The van der Waals surface area contributed by atoms with E-state index in [-0.39, 0.29) is 86.0 Å². The molecule has 78 heavy (non-hydrogen) atoms. The smallest absolute Gasteiger partial charge is 0.329 e. The predicted molar refractivity (Wildman–Crippen MR) is 297 cm³/mol. The van der Waals surface area contributed by atoms with E-state index in [2.05, 4.69) is 0 Å². The summed E-state index contributed by atoms with van der Waals surface area (Å²) in [6.45, 7) is 18.3. The van der Waals surface area contributed by atoms with E-state index in [1.54, 1.807) is 40.4 Å². The van der Waals surface area contributed by atoms with Crippen LogP contribution in [0.1, 0.15) is 138 Å². The van der Waals surface area contributed by atoms with Crippen molar-refractivity contribution in [2.75, 3.05) is 67.6 Å². The van der Waals surface area contributed by atoms with Gasteiger partial charge in [0.25, 0.3) is 11.7 Å². The zero-order chi connectivity index (χ0) is 57.3. The van der Waals surface area contributed by atoms with Crippen molar-refractivity contribution in [3.63, 3.8) is 0 Å². The van der Waals surface area contributed by atoms with E-state index in [0.717, 1.165) is 24.8 Å². The lowest BCUT2D eigenvalue weighted by Gasteiger charge is -2.43. The van der Waals surface area contributed by atoms with Gasteiger partial charge in [-0.05, 0) is 120 Å². The number of ketones is 3. The number of rotatable bonds is 13. The standard InChI is InChI=1S/C60H96NO16P/c1-38-18-14-13-15-19-39(2)51(74-31-30-73-46-25-28-72-29-26-46)36-47-23-21-44(7)60(67,76-47)57(64)58(65)61-27-17-16-20-48(61)59(66)75-52(41(4)34-45-22-24-50(53(35-45)69-8)77-78(11,12)68)37-49(62)40(3)33-43(6)55(70-9)56(71-10)54(63)42(5)32-38/h13-15,18-19,33,38,40-42,44-48,50-53,55-56,67H,16-17,20-32,34-37H2,1-12H3/b15-13+,18-14+,39-19+,43-33+/t38-,40-,41-,42-,44-,45+,47+,48+,50-,51-,52+,53-,55-,56+,60-/m1/s1. The molecule has 0 aromatic rings. The summed E-state index contributed by atoms with van der Waals surface area (Å²) in [6.07, 6.45) is 14.1. The van der Waals surface area contributed by atoms with Crippen LogP contribution in [-0.4, -0.2) is 168 Å². The van der Waals surface area contributed by atoms with Crippen LogP contribution < -0.4 is 0 Å². The Morgan fingerprint density at radius 1 is 0.795 bits per heavy atom. The molecule has 0 aromatic heterocycles. The van der Waals surface area contributed by atoms with Gasteiger partial charge in [-0.25, -0.2) is 4.79 Å². The van der Waals surface area contributed by atoms with Gasteiger partial charge in [-0.3, -0.25) is 23.7 Å². The molecule has 2 bridgehead atoms. The number of amides is 1. The number of ether oxygens (including phenoxy) is 8. The van der Waals surface area contributed by atoms with Crippen LogP contribution in [0.25, 0.3) is 0 Å². The molecule has 0 aromatic carbocycles. The largest absolute Gasteiger partial charge is 0.460 e. The molecule has 15 atom stereocenters. The van der Waals surface area contributed by atoms with Crippen LogP contribution in [-0.2, 0) is 71.0 Å².